The van der Waals surface area contributed by atoms with Gasteiger partial charge < -0.3 is 0 Å². The molecule has 0 aromatic heterocycles. The molecule has 10 heavy (non-hydrogen) atoms. The van der Waals surface area contributed by atoms with Crippen molar-refractivity contribution in [3.63, 3.8) is 0 Å². The van der Waals surface area contributed by atoms with Crippen molar-refractivity contribution in [2.75, 3.05) is 0 Å². The molecule has 0 unspecified atom stereocenters. The monoisotopic (exact) mass is 142 g/mol. The van der Waals surface area contributed by atoms with Crippen LogP contribution in [0.15, 0.2) is 24.3 Å². The highest BCUT2D eigenvalue weighted by atomic mass is 19.3. The zero-order chi connectivity index (χ0) is 7.56. The van der Waals surface area contributed by atoms with Crippen molar-refractivity contribution in [1.29, 1.82) is 0 Å². The fourth-order valence-electron chi connectivity index (χ4n) is 0.806. The van der Waals surface area contributed by atoms with Crippen molar-refractivity contribution in [2.45, 2.75) is 13.3 Å². The lowest BCUT2D eigenvalue weighted by molar-refractivity contribution is 0.151. The number of aryl methyl sites for hydroxylation is 1. The van der Waals surface area contributed by atoms with Crippen molar-refractivity contribution in [2.24, 2.45) is 0 Å². The van der Waals surface area contributed by atoms with Crippen LogP contribution in [0.1, 0.15) is 17.6 Å². The van der Waals surface area contributed by atoms with Crippen LogP contribution in [-0.4, -0.2) is 0 Å². The fraction of sp³-hybridized carbons (Fsp3) is 0.250. The molecule has 0 spiro atoms. The summed E-state index contributed by atoms with van der Waals surface area (Å²) in [4.78, 5) is 0. The largest absolute Gasteiger partial charge is 0.263 e. The Morgan fingerprint density at radius 3 is 2.40 bits per heavy atom. The number of alkyl halides is 2. The van der Waals surface area contributed by atoms with Crippen LogP contribution in [0.4, 0.5) is 8.78 Å². The van der Waals surface area contributed by atoms with E-state index in [1.165, 1.54) is 12.1 Å². The van der Waals surface area contributed by atoms with E-state index in [4.69, 9.17) is 0 Å². The minimum atomic E-state index is -2.35. The molecule has 0 nitrogen and oxygen atoms in total. The van der Waals surface area contributed by atoms with Gasteiger partial charge in [0.15, 0.2) is 0 Å². The molecule has 54 valence electrons. The van der Waals surface area contributed by atoms with E-state index in [0.29, 0.717) is 0 Å². The Morgan fingerprint density at radius 1 is 1.30 bits per heavy atom. The van der Waals surface area contributed by atoms with Crippen LogP contribution in [0.2, 0.25) is 0 Å². The van der Waals surface area contributed by atoms with Gasteiger partial charge in [-0.15, -0.1) is 0 Å². The predicted molar refractivity (Wildman–Crippen MR) is 36.1 cm³/mol. The second kappa shape index (κ2) is 2.78. The zero-order valence-corrected chi connectivity index (χ0v) is 5.64. The number of halogens is 2. The Labute approximate surface area is 58.5 Å². The SMILES string of the molecule is Cc1cccc(C(F)F)c1. The number of hydrogen-bond donors (Lipinski definition) is 0. The van der Waals surface area contributed by atoms with E-state index >= 15 is 0 Å². The van der Waals surface area contributed by atoms with Gasteiger partial charge in [-0.2, -0.15) is 0 Å². The minimum absolute atomic E-state index is 0.0972. The van der Waals surface area contributed by atoms with Crippen LogP contribution in [0, 0.1) is 6.92 Å². The molecule has 2 heteroatoms. The highest BCUT2D eigenvalue weighted by Gasteiger charge is 2.04. The molecular weight excluding hydrogens is 134 g/mol. The van der Waals surface area contributed by atoms with Crippen LogP contribution < -0.4 is 0 Å². The van der Waals surface area contributed by atoms with E-state index in [-0.39, 0.29) is 5.56 Å². The summed E-state index contributed by atoms with van der Waals surface area (Å²) >= 11 is 0. The summed E-state index contributed by atoms with van der Waals surface area (Å²) in [6, 6.07) is 6.35. The van der Waals surface area contributed by atoms with Crippen LogP contribution in [-0.2, 0) is 0 Å². The number of benzene rings is 1. The van der Waals surface area contributed by atoms with Crippen molar-refractivity contribution in [1.82, 2.24) is 0 Å². The maximum Gasteiger partial charge on any atom is 0.263 e. The Morgan fingerprint density at radius 2 is 2.00 bits per heavy atom. The molecule has 0 radical (unpaired) electrons. The van der Waals surface area contributed by atoms with Crippen LogP contribution in [0.3, 0.4) is 0 Å². The molecule has 0 fully saturated rings. The third-order valence-electron chi connectivity index (χ3n) is 1.29. The topological polar surface area (TPSA) is 0 Å². The molecule has 0 aliphatic carbocycles. The lowest BCUT2D eigenvalue weighted by Gasteiger charge is -1.98. The van der Waals surface area contributed by atoms with E-state index in [0.717, 1.165) is 5.56 Å². The van der Waals surface area contributed by atoms with E-state index in [2.05, 4.69) is 0 Å². The summed E-state index contributed by atoms with van der Waals surface area (Å²) < 4.78 is 23.9. The molecule has 0 N–H and O–H groups in total. The molecule has 0 atom stereocenters. The summed E-state index contributed by atoms with van der Waals surface area (Å²) in [6.07, 6.45) is -2.35. The van der Waals surface area contributed by atoms with Gasteiger partial charge in [0.05, 0.1) is 0 Å². The van der Waals surface area contributed by atoms with E-state index in [1.54, 1.807) is 19.1 Å². The molecule has 0 aliphatic heterocycles. The Kier molecular flexibility index (Phi) is 2.00. The smallest absolute Gasteiger partial charge is 0.205 e. The van der Waals surface area contributed by atoms with Crippen LogP contribution >= 0.6 is 0 Å². The van der Waals surface area contributed by atoms with Gasteiger partial charge >= 0.3 is 0 Å². The van der Waals surface area contributed by atoms with Gasteiger partial charge in [0.1, 0.15) is 0 Å². The molecule has 0 bridgehead atoms. The summed E-state index contributed by atoms with van der Waals surface area (Å²) in [6.45, 7) is 1.80. The lowest BCUT2D eigenvalue weighted by Crippen LogP contribution is -1.83. The highest BCUT2D eigenvalue weighted by Crippen LogP contribution is 2.18. The average Bonchev–Trinajstić information content (AvgIpc) is 1.88. The normalized spacial score (nSPS) is 10.4. The minimum Gasteiger partial charge on any atom is -0.205 e. The van der Waals surface area contributed by atoms with E-state index < -0.39 is 6.43 Å². The maximum atomic E-state index is 11.9. The van der Waals surface area contributed by atoms with Gasteiger partial charge in [-0.25, -0.2) is 8.78 Å². The molecule has 1 aromatic carbocycles. The molecule has 0 heterocycles. The second-order valence-corrected chi connectivity index (χ2v) is 2.21. The lowest BCUT2D eigenvalue weighted by atomic mass is 10.1. The molecule has 1 rings (SSSR count). The standard InChI is InChI=1S/C8H8F2/c1-6-3-2-4-7(5-6)8(9)10/h2-5,8H,1H3. The average molecular weight is 142 g/mol. The second-order valence-electron chi connectivity index (χ2n) is 2.21. The van der Waals surface area contributed by atoms with Gasteiger partial charge in [-0.1, -0.05) is 29.8 Å². The van der Waals surface area contributed by atoms with Crippen LogP contribution in [0.25, 0.3) is 0 Å². The first-order valence-corrected chi connectivity index (χ1v) is 3.05. The summed E-state index contributed by atoms with van der Waals surface area (Å²) in [5, 5.41) is 0. The third kappa shape index (κ3) is 1.53. The first-order chi connectivity index (χ1) is 4.70. The predicted octanol–water partition coefficient (Wildman–Crippen LogP) is 2.93. The summed E-state index contributed by atoms with van der Waals surface area (Å²) in [5.74, 6) is 0. The van der Waals surface area contributed by atoms with E-state index in [1.807, 2.05) is 0 Å². The van der Waals surface area contributed by atoms with Gasteiger partial charge in [0, 0.05) is 5.56 Å². The zero-order valence-electron chi connectivity index (χ0n) is 5.64. The summed E-state index contributed by atoms with van der Waals surface area (Å²) in [5.41, 5.74) is 0.970. The molecule has 0 amide bonds. The molecule has 1 aromatic rings. The maximum absolute atomic E-state index is 11.9. The van der Waals surface area contributed by atoms with Gasteiger partial charge in [-0.3, -0.25) is 0 Å². The van der Waals surface area contributed by atoms with Crippen LogP contribution in [0.5, 0.6) is 0 Å². The quantitative estimate of drug-likeness (QED) is 0.565. The van der Waals surface area contributed by atoms with Crippen molar-refractivity contribution >= 4 is 0 Å². The van der Waals surface area contributed by atoms with Crippen molar-refractivity contribution in [3.8, 4) is 0 Å². The third-order valence-corrected chi connectivity index (χ3v) is 1.29. The highest BCUT2D eigenvalue weighted by molar-refractivity contribution is 5.22. The molecular formula is C8H8F2. The van der Waals surface area contributed by atoms with Gasteiger partial charge in [-0.05, 0) is 6.92 Å². The number of hydrogen-bond acceptors (Lipinski definition) is 0. The molecule has 0 saturated carbocycles. The van der Waals surface area contributed by atoms with E-state index in [9.17, 15) is 8.78 Å². The van der Waals surface area contributed by atoms with Crippen molar-refractivity contribution in [3.05, 3.63) is 35.4 Å². The molecule has 0 aliphatic rings. The summed E-state index contributed by atoms with van der Waals surface area (Å²) in [7, 11) is 0. The van der Waals surface area contributed by atoms with Crippen molar-refractivity contribution < 1.29 is 8.78 Å². The fourth-order valence-corrected chi connectivity index (χ4v) is 0.806. The number of rotatable bonds is 1. The molecule has 0 saturated heterocycles. The Hall–Kier alpha value is -0.920. The van der Waals surface area contributed by atoms with Gasteiger partial charge in [0.2, 0.25) is 0 Å². The Balaban J connectivity index is 2.96. The van der Waals surface area contributed by atoms with Gasteiger partial charge in [0.25, 0.3) is 6.43 Å². The Bertz CT molecular complexity index is 218. The first-order valence-electron chi connectivity index (χ1n) is 3.05. The first kappa shape index (κ1) is 7.19.